The number of carbonyl (C=O) groups is 1. The summed E-state index contributed by atoms with van der Waals surface area (Å²) in [5.41, 5.74) is 3.99. The quantitative estimate of drug-likeness (QED) is 0.566. The first-order valence-corrected chi connectivity index (χ1v) is 8.90. The topological polar surface area (TPSA) is 26.3 Å². The van der Waals surface area contributed by atoms with Gasteiger partial charge in [0.25, 0.3) is 0 Å². The molecular weight excluding hydrogens is 352 g/mol. The Morgan fingerprint density at radius 1 is 1.17 bits per heavy atom. The van der Waals surface area contributed by atoms with Crippen molar-refractivity contribution in [2.24, 2.45) is 0 Å². The Hall–Kier alpha value is -1.61. The van der Waals surface area contributed by atoms with Gasteiger partial charge in [-0.2, -0.15) is 0 Å². The maximum atomic E-state index is 11.3. The molecule has 0 amide bonds. The molecule has 23 heavy (non-hydrogen) atoms. The summed E-state index contributed by atoms with van der Waals surface area (Å²) in [5.74, 6) is 0.833. The van der Waals surface area contributed by atoms with Crippen LogP contribution in [0.25, 0.3) is 0 Å². The van der Waals surface area contributed by atoms with E-state index in [0.29, 0.717) is 6.61 Å². The van der Waals surface area contributed by atoms with Crippen molar-refractivity contribution in [3.8, 4) is 5.75 Å². The second-order valence-corrected chi connectivity index (χ2v) is 5.87. The fraction of sp³-hybridized carbons (Fsp3) is 0.350. The molecule has 2 aromatic rings. The van der Waals surface area contributed by atoms with Crippen molar-refractivity contribution in [1.29, 1.82) is 0 Å². The average molecular weight is 377 g/mol. The third kappa shape index (κ3) is 5.21. The number of halogens is 1. The van der Waals surface area contributed by atoms with E-state index in [2.05, 4.69) is 22.9 Å². The predicted octanol–water partition coefficient (Wildman–Crippen LogP) is 6.13. The van der Waals surface area contributed by atoms with Crippen molar-refractivity contribution in [2.45, 2.75) is 47.1 Å². The highest BCUT2D eigenvalue weighted by Gasteiger charge is 2.14. The van der Waals surface area contributed by atoms with Crippen LogP contribution in [0.2, 0.25) is 0 Å². The Balaban J connectivity index is 0.00000127. The molecule has 0 unspecified atom stereocenters. The van der Waals surface area contributed by atoms with Crippen LogP contribution in [-0.4, -0.2) is 6.29 Å². The van der Waals surface area contributed by atoms with E-state index in [1.807, 2.05) is 57.2 Å². The van der Waals surface area contributed by atoms with E-state index in [4.69, 9.17) is 4.74 Å². The molecule has 0 aromatic heterocycles. The molecule has 0 aliphatic carbocycles. The van der Waals surface area contributed by atoms with Crippen LogP contribution >= 0.6 is 15.9 Å². The largest absolute Gasteiger partial charge is 0.489 e. The van der Waals surface area contributed by atoms with E-state index in [9.17, 15) is 4.79 Å². The van der Waals surface area contributed by atoms with Gasteiger partial charge in [-0.15, -0.1) is 0 Å². The molecule has 0 aliphatic rings. The minimum absolute atomic E-state index is 0.528. The van der Waals surface area contributed by atoms with Crippen LogP contribution in [0.5, 0.6) is 5.75 Å². The Morgan fingerprint density at radius 3 is 2.39 bits per heavy atom. The molecule has 0 spiro atoms. The second-order valence-electron chi connectivity index (χ2n) is 5.02. The molecule has 0 radical (unpaired) electrons. The number of carbonyl (C=O) groups excluding carboxylic acids is 1. The zero-order valence-corrected chi connectivity index (χ0v) is 15.9. The van der Waals surface area contributed by atoms with Gasteiger partial charge in [-0.3, -0.25) is 4.79 Å². The van der Waals surface area contributed by atoms with Crippen molar-refractivity contribution in [2.75, 3.05) is 0 Å². The van der Waals surface area contributed by atoms with Gasteiger partial charge in [0.05, 0.1) is 0 Å². The van der Waals surface area contributed by atoms with Crippen molar-refractivity contribution >= 4 is 22.2 Å². The number of rotatable bonds is 6. The Bertz CT molecular complexity index is 621. The summed E-state index contributed by atoms with van der Waals surface area (Å²) in [7, 11) is 0. The molecule has 0 fully saturated rings. The molecule has 0 bridgehead atoms. The van der Waals surface area contributed by atoms with Gasteiger partial charge in [0.15, 0.2) is 6.29 Å². The molecule has 0 heterocycles. The third-order valence-corrected chi connectivity index (χ3v) is 4.17. The van der Waals surface area contributed by atoms with E-state index < -0.39 is 0 Å². The molecule has 0 saturated heterocycles. The van der Waals surface area contributed by atoms with Gasteiger partial charge in [0.1, 0.15) is 12.4 Å². The molecule has 0 saturated carbocycles. The third-order valence-electron chi connectivity index (χ3n) is 3.52. The first-order valence-electron chi connectivity index (χ1n) is 8.11. The maximum absolute atomic E-state index is 11.3. The minimum Gasteiger partial charge on any atom is -0.489 e. The first-order chi connectivity index (χ1) is 11.2. The van der Waals surface area contributed by atoms with Gasteiger partial charge in [-0.25, -0.2) is 0 Å². The fourth-order valence-corrected chi connectivity index (χ4v) is 2.92. The fourth-order valence-electron chi connectivity index (χ4n) is 2.38. The summed E-state index contributed by atoms with van der Waals surface area (Å²) in [5, 5.41) is 0. The highest BCUT2D eigenvalue weighted by Crippen LogP contribution is 2.32. The van der Waals surface area contributed by atoms with E-state index in [1.165, 1.54) is 0 Å². The summed E-state index contributed by atoms with van der Waals surface area (Å²) in [4.78, 5) is 11.3. The van der Waals surface area contributed by atoms with Gasteiger partial charge in [-0.1, -0.05) is 57.5 Å². The van der Waals surface area contributed by atoms with Crippen molar-refractivity contribution in [1.82, 2.24) is 0 Å². The number of aldehydes is 1. The summed E-state index contributed by atoms with van der Waals surface area (Å²) in [6, 6.07) is 12.0. The van der Waals surface area contributed by atoms with Gasteiger partial charge >= 0.3 is 0 Å². The Kier molecular flexibility index (Phi) is 8.64. The number of benzene rings is 2. The van der Waals surface area contributed by atoms with Gasteiger partial charge in [0.2, 0.25) is 0 Å². The lowest BCUT2D eigenvalue weighted by molar-refractivity contribution is 0.112. The van der Waals surface area contributed by atoms with Crippen molar-refractivity contribution in [3.63, 3.8) is 0 Å². The molecule has 2 rings (SSSR count). The first kappa shape index (κ1) is 19.4. The van der Waals surface area contributed by atoms with Crippen LogP contribution in [0.1, 0.15) is 54.2 Å². The van der Waals surface area contributed by atoms with Gasteiger partial charge in [0, 0.05) is 10.0 Å². The van der Waals surface area contributed by atoms with E-state index in [0.717, 1.165) is 51.6 Å². The van der Waals surface area contributed by atoms with E-state index >= 15 is 0 Å². The molecule has 0 aliphatic heterocycles. The number of ether oxygens (including phenoxy) is 1. The summed E-state index contributed by atoms with van der Waals surface area (Å²) >= 11 is 3.48. The van der Waals surface area contributed by atoms with E-state index in [1.54, 1.807) is 0 Å². The summed E-state index contributed by atoms with van der Waals surface area (Å²) in [6.45, 7) is 8.66. The lowest BCUT2D eigenvalue weighted by atomic mass is 9.98. The minimum atomic E-state index is 0.528. The Labute approximate surface area is 148 Å². The molecular formula is C20H25BrO2. The summed E-state index contributed by atoms with van der Waals surface area (Å²) < 4.78 is 6.74. The molecule has 3 heteroatoms. The molecule has 0 N–H and O–H groups in total. The maximum Gasteiger partial charge on any atom is 0.151 e. The second kappa shape index (κ2) is 10.2. The van der Waals surface area contributed by atoms with Crippen LogP contribution in [0, 0.1) is 6.92 Å². The standard InChI is InChI=1S/C18H19BrO2.C2H6/c1-3-7-15-13(2)18(10-17(19)16(15)11-20)21-12-14-8-5-4-6-9-14;1-2/h4-6,8-11H,3,7,12H2,1-2H3;1-2H3. The molecule has 2 aromatic carbocycles. The van der Waals surface area contributed by atoms with Crippen molar-refractivity contribution < 1.29 is 9.53 Å². The highest BCUT2D eigenvalue weighted by atomic mass is 79.9. The summed E-state index contributed by atoms with van der Waals surface area (Å²) in [6.07, 6.45) is 2.79. The van der Waals surface area contributed by atoms with Crippen LogP contribution in [0.4, 0.5) is 0 Å². The number of hydrogen-bond donors (Lipinski definition) is 0. The van der Waals surface area contributed by atoms with E-state index in [-0.39, 0.29) is 0 Å². The Morgan fingerprint density at radius 2 is 1.83 bits per heavy atom. The smallest absolute Gasteiger partial charge is 0.151 e. The van der Waals surface area contributed by atoms with Crippen LogP contribution in [0.3, 0.4) is 0 Å². The average Bonchev–Trinajstić information content (AvgIpc) is 2.59. The van der Waals surface area contributed by atoms with Crippen LogP contribution in [0.15, 0.2) is 40.9 Å². The zero-order chi connectivity index (χ0) is 17.2. The van der Waals surface area contributed by atoms with Crippen molar-refractivity contribution in [3.05, 3.63) is 63.1 Å². The van der Waals surface area contributed by atoms with Gasteiger partial charge < -0.3 is 4.74 Å². The van der Waals surface area contributed by atoms with Crippen LogP contribution < -0.4 is 4.74 Å². The number of hydrogen-bond acceptors (Lipinski definition) is 2. The lowest BCUT2D eigenvalue weighted by Crippen LogP contribution is -2.03. The molecule has 0 atom stereocenters. The predicted molar refractivity (Wildman–Crippen MR) is 100 cm³/mol. The lowest BCUT2D eigenvalue weighted by Gasteiger charge is -2.16. The molecule has 2 nitrogen and oxygen atoms in total. The SMILES string of the molecule is CC.CCCc1c(C)c(OCc2ccccc2)cc(Br)c1C=O. The van der Waals surface area contributed by atoms with Gasteiger partial charge in [-0.05, 0) is 52.0 Å². The molecule has 124 valence electrons. The zero-order valence-electron chi connectivity index (χ0n) is 14.4. The van der Waals surface area contributed by atoms with Crippen LogP contribution in [-0.2, 0) is 13.0 Å². The monoisotopic (exact) mass is 376 g/mol. The highest BCUT2D eigenvalue weighted by molar-refractivity contribution is 9.10. The normalized spacial score (nSPS) is 9.78.